The number of fused-ring (bicyclic) bond motifs is 1. The van der Waals surface area contributed by atoms with Gasteiger partial charge < -0.3 is 14.4 Å². The van der Waals surface area contributed by atoms with Gasteiger partial charge in [0.25, 0.3) is 0 Å². The predicted molar refractivity (Wildman–Crippen MR) is 92.2 cm³/mol. The first kappa shape index (κ1) is 21.3. The summed E-state index contributed by atoms with van der Waals surface area (Å²) in [6, 6.07) is 0.322. The summed E-state index contributed by atoms with van der Waals surface area (Å²) in [4.78, 5) is 20.3. The Morgan fingerprint density at radius 2 is 2.11 bits per heavy atom. The third-order valence-electron chi connectivity index (χ3n) is 4.02. The first-order valence-electron chi connectivity index (χ1n) is 8.28. The summed E-state index contributed by atoms with van der Waals surface area (Å²) in [6.45, 7) is 8.56. The Morgan fingerprint density at radius 1 is 1.41 bits per heavy atom. The molecule has 0 amide bonds. The van der Waals surface area contributed by atoms with E-state index >= 15 is 0 Å². The van der Waals surface area contributed by atoms with E-state index in [0.29, 0.717) is 12.6 Å². The van der Waals surface area contributed by atoms with Crippen molar-refractivity contribution in [1.82, 2.24) is 19.4 Å². The first-order valence-corrected chi connectivity index (χ1v) is 9.16. The van der Waals surface area contributed by atoms with Crippen molar-refractivity contribution in [2.75, 3.05) is 13.2 Å². The molecule has 3 heterocycles. The molecule has 0 aromatic carbocycles. The molecule has 7 nitrogen and oxygen atoms in total. The van der Waals surface area contributed by atoms with E-state index in [1.807, 2.05) is 24.7 Å². The molecule has 0 radical (unpaired) electrons. The SMILES string of the molecule is CCOCc1cnc2n1CCN(Cc1nccs1)C2C.O=C(O)C(F)(F)F. The molecule has 2 aromatic rings. The van der Waals surface area contributed by atoms with Crippen LogP contribution in [0.3, 0.4) is 0 Å². The number of rotatable bonds is 5. The molecule has 150 valence electrons. The van der Waals surface area contributed by atoms with E-state index < -0.39 is 12.1 Å². The number of hydrogen-bond donors (Lipinski definition) is 1. The molecule has 3 rings (SSSR count). The van der Waals surface area contributed by atoms with Crippen LogP contribution in [0.1, 0.15) is 36.4 Å². The quantitative estimate of drug-likeness (QED) is 0.822. The highest BCUT2D eigenvalue weighted by molar-refractivity contribution is 7.09. The standard InChI is InChI=1S/C14H20N4OS.C2HF3O2/c1-3-19-10-12-8-16-14-11(2)17(5-6-18(12)14)9-13-15-4-7-20-13;3-2(4,5)1(6)7/h4,7-8,11H,3,5-6,9-10H2,1-2H3;(H,6,7). The normalized spacial score (nSPS) is 17.1. The van der Waals surface area contributed by atoms with Crippen molar-refractivity contribution in [2.24, 2.45) is 0 Å². The maximum Gasteiger partial charge on any atom is 0.490 e. The van der Waals surface area contributed by atoms with Gasteiger partial charge in [0.15, 0.2) is 0 Å². The van der Waals surface area contributed by atoms with Crippen LogP contribution in [-0.4, -0.2) is 49.8 Å². The number of hydrogen-bond acceptors (Lipinski definition) is 6. The summed E-state index contributed by atoms with van der Waals surface area (Å²) in [5.41, 5.74) is 1.18. The zero-order valence-electron chi connectivity index (χ0n) is 14.9. The highest BCUT2D eigenvalue weighted by Gasteiger charge is 2.38. The van der Waals surface area contributed by atoms with Gasteiger partial charge in [-0.3, -0.25) is 4.90 Å². The topological polar surface area (TPSA) is 80.5 Å². The molecule has 1 atom stereocenters. The number of nitrogens with zero attached hydrogens (tertiary/aromatic N) is 4. The van der Waals surface area contributed by atoms with E-state index in [9.17, 15) is 13.2 Å². The van der Waals surface area contributed by atoms with Crippen molar-refractivity contribution in [2.45, 2.75) is 45.8 Å². The summed E-state index contributed by atoms with van der Waals surface area (Å²) >= 11 is 1.72. The van der Waals surface area contributed by atoms with Crippen molar-refractivity contribution < 1.29 is 27.8 Å². The molecular weight excluding hydrogens is 385 g/mol. The van der Waals surface area contributed by atoms with Crippen molar-refractivity contribution in [3.05, 3.63) is 34.3 Å². The third kappa shape index (κ3) is 5.75. The average Bonchev–Trinajstić information content (AvgIpc) is 3.25. The second kappa shape index (κ2) is 9.29. The zero-order chi connectivity index (χ0) is 20.0. The summed E-state index contributed by atoms with van der Waals surface area (Å²) in [6.07, 6.45) is -1.26. The van der Waals surface area contributed by atoms with E-state index in [0.717, 1.165) is 32.1 Å². The number of aliphatic carboxylic acids is 1. The van der Waals surface area contributed by atoms with E-state index in [2.05, 4.69) is 26.4 Å². The molecule has 0 spiro atoms. The van der Waals surface area contributed by atoms with Crippen molar-refractivity contribution in [1.29, 1.82) is 0 Å². The molecule has 1 aliphatic heterocycles. The molecule has 0 saturated carbocycles. The maximum absolute atomic E-state index is 10.6. The van der Waals surface area contributed by atoms with Crippen LogP contribution < -0.4 is 0 Å². The van der Waals surface area contributed by atoms with Gasteiger partial charge in [-0.2, -0.15) is 13.2 Å². The van der Waals surface area contributed by atoms with Crippen LogP contribution in [0.15, 0.2) is 17.8 Å². The summed E-state index contributed by atoms with van der Waals surface area (Å²) in [7, 11) is 0. The molecule has 1 N–H and O–H groups in total. The number of aromatic nitrogens is 3. The van der Waals surface area contributed by atoms with E-state index in [1.165, 1.54) is 10.7 Å². The van der Waals surface area contributed by atoms with Crippen molar-refractivity contribution in [3.8, 4) is 0 Å². The van der Waals surface area contributed by atoms with Gasteiger partial charge in [0.05, 0.1) is 31.1 Å². The molecule has 1 aliphatic rings. The molecular formula is C16H21F3N4O3S. The van der Waals surface area contributed by atoms with Crippen LogP contribution in [0, 0.1) is 0 Å². The Kier molecular flexibility index (Phi) is 7.33. The number of thiazole rings is 1. The molecule has 2 aromatic heterocycles. The van der Waals surface area contributed by atoms with Gasteiger partial charge in [0.2, 0.25) is 0 Å². The number of carboxylic acid groups (broad SMARTS) is 1. The van der Waals surface area contributed by atoms with E-state index in [-0.39, 0.29) is 0 Å². The van der Waals surface area contributed by atoms with Gasteiger partial charge in [0.1, 0.15) is 10.8 Å². The second-order valence-corrected chi connectivity index (χ2v) is 6.75. The Labute approximate surface area is 158 Å². The van der Waals surface area contributed by atoms with Gasteiger partial charge in [-0.1, -0.05) is 0 Å². The van der Waals surface area contributed by atoms with Crippen LogP contribution >= 0.6 is 11.3 Å². The number of ether oxygens (including phenoxy) is 1. The zero-order valence-corrected chi connectivity index (χ0v) is 15.8. The Bertz CT molecular complexity index is 734. The summed E-state index contributed by atoms with van der Waals surface area (Å²) in [5.74, 6) is -1.62. The lowest BCUT2D eigenvalue weighted by Crippen LogP contribution is -2.37. The largest absolute Gasteiger partial charge is 0.490 e. The Balaban J connectivity index is 0.000000321. The fourth-order valence-corrected chi connectivity index (χ4v) is 3.29. The Morgan fingerprint density at radius 3 is 2.67 bits per heavy atom. The molecule has 0 saturated heterocycles. The van der Waals surface area contributed by atoms with Gasteiger partial charge in [-0.15, -0.1) is 11.3 Å². The predicted octanol–water partition coefficient (Wildman–Crippen LogP) is 3.09. The van der Waals surface area contributed by atoms with Crippen LogP contribution in [0.2, 0.25) is 0 Å². The minimum Gasteiger partial charge on any atom is -0.475 e. The summed E-state index contributed by atoms with van der Waals surface area (Å²) in [5, 5.41) is 10.3. The van der Waals surface area contributed by atoms with Gasteiger partial charge in [-0.25, -0.2) is 14.8 Å². The fourth-order valence-electron chi connectivity index (χ4n) is 2.65. The average molecular weight is 406 g/mol. The molecule has 0 fully saturated rings. The highest BCUT2D eigenvalue weighted by Crippen LogP contribution is 2.27. The van der Waals surface area contributed by atoms with Crippen molar-refractivity contribution >= 4 is 17.3 Å². The number of carbonyl (C=O) groups is 1. The van der Waals surface area contributed by atoms with Crippen molar-refractivity contribution in [3.63, 3.8) is 0 Å². The van der Waals surface area contributed by atoms with Gasteiger partial charge >= 0.3 is 12.1 Å². The third-order valence-corrected chi connectivity index (χ3v) is 4.78. The summed E-state index contributed by atoms with van der Waals surface area (Å²) < 4.78 is 39.5. The molecule has 0 aliphatic carbocycles. The van der Waals surface area contributed by atoms with Crippen LogP contribution in [-0.2, 0) is 29.2 Å². The number of carboxylic acids is 1. The fraction of sp³-hybridized carbons (Fsp3) is 0.562. The second-order valence-electron chi connectivity index (χ2n) is 5.77. The van der Waals surface area contributed by atoms with Gasteiger partial charge in [-0.05, 0) is 13.8 Å². The van der Waals surface area contributed by atoms with Gasteiger partial charge in [0, 0.05) is 31.3 Å². The number of imidazole rings is 1. The molecule has 11 heteroatoms. The minimum atomic E-state index is -5.08. The highest BCUT2D eigenvalue weighted by atomic mass is 32.1. The number of alkyl halides is 3. The molecule has 0 bridgehead atoms. The van der Waals surface area contributed by atoms with Crippen LogP contribution in [0.5, 0.6) is 0 Å². The smallest absolute Gasteiger partial charge is 0.475 e. The lowest BCUT2D eigenvalue weighted by atomic mass is 10.2. The lowest BCUT2D eigenvalue weighted by molar-refractivity contribution is -0.192. The lowest BCUT2D eigenvalue weighted by Gasteiger charge is -2.33. The van der Waals surface area contributed by atoms with Crippen LogP contribution in [0.4, 0.5) is 13.2 Å². The van der Waals surface area contributed by atoms with E-state index in [1.54, 1.807) is 11.3 Å². The first-order chi connectivity index (χ1) is 12.7. The maximum atomic E-state index is 10.6. The minimum absolute atomic E-state index is 0.322. The monoisotopic (exact) mass is 406 g/mol. The van der Waals surface area contributed by atoms with E-state index in [4.69, 9.17) is 14.6 Å². The molecule has 1 unspecified atom stereocenters. The molecule has 27 heavy (non-hydrogen) atoms. The Hall–Kier alpha value is -1.98. The number of halogens is 3. The van der Waals surface area contributed by atoms with Crippen LogP contribution in [0.25, 0.3) is 0 Å².